The van der Waals surface area contributed by atoms with Gasteiger partial charge in [-0.05, 0) is 38.8 Å². The van der Waals surface area contributed by atoms with Crippen molar-refractivity contribution in [3.8, 4) is 0 Å². The van der Waals surface area contributed by atoms with Gasteiger partial charge in [0.05, 0.1) is 11.4 Å². The van der Waals surface area contributed by atoms with Crippen molar-refractivity contribution < 1.29 is 4.79 Å². The van der Waals surface area contributed by atoms with E-state index in [4.69, 9.17) is 5.73 Å². The maximum Gasteiger partial charge on any atom is 0.217 e. The first kappa shape index (κ1) is 14.7. The highest BCUT2D eigenvalue weighted by atomic mass is 16.1. The summed E-state index contributed by atoms with van der Waals surface area (Å²) in [7, 11) is 0. The molecule has 1 aromatic rings. The van der Waals surface area contributed by atoms with E-state index < -0.39 is 0 Å². The molecule has 0 atom stereocenters. The van der Waals surface area contributed by atoms with E-state index in [-0.39, 0.29) is 5.91 Å². The van der Waals surface area contributed by atoms with Crippen LogP contribution >= 0.6 is 0 Å². The molecule has 5 heteroatoms. The van der Waals surface area contributed by atoms with E-state index in [9.17, 15) is 4.79 Å². The number of nitrogens with zero attached hydrogens (tertiary/aromatic N) is 2. The summed E-state index contributed by atoms with van der Waals surface area (Å²) in [5.41, 5.74) is 7.45. The van der Waals surface area contributed by atoms with E-state index in [1.807, 2.05) is 4.68 Å². The molecule has 0 aliphatic rings. The summed E-state index contributed by atoms with van der Waals surface area (Å²) in [4.78, 5) is 10.6. The molecule has 0 radical (unpaired) electrons. The molecule has 0 saturated carbocycles. The number of primary amides is 1. The molecular weight excluding hydrogens is 228 g/mol. The Morgan fingerprint density at radius 1 is 1.44 bits per heavy atom. The Morgan fingerprint density at radius 3 is 2.83 bits per heavy atom. The topological polar surface area (TPSA) is 72.9 Å². The van der Waals surface area contributed by atoms with Crippen LogP contribution in [0.1, 0.15) is 44.5 Å². The molecule has 1 rings (SSSR count). The molecule has 0 aliphatic carbocycles. The van der Waals surface area contributed by atoms with Crippen LogP contribution in [0.4, 0.5) is 0 Å². The lowest BCUT2D eigenvalue weighted by Crippen LogP contribution is -2.18. The smallest absolute Gasteiger partial charge is 0.217 e. The van der Waals surface area contributed by atoms with Crippen LogP contribution in [0.15, 0.2) is 6.07 Å². The van der Waals surface area contributed by atoms with Crippen LogP contribution in [0.3, 0.4) is 0 Å². The van der Waals surface area contributed by atoms with Crippen molar-refractivity contribution in [2.24, 2.45) is 5.73 Å². The van der Waals surface area contributed by atoms with Crippen molar-refractivity contribution in [1.82, 2.24) is 15.1 Å². The van der Waals surface area contributed by atoms with Crippen LogP contribution in [0, 0.1) is 0 Å². The molecule has 1 aromatic heterocycles. The lowest BCUT2D eigenvalue weighted by atomic mass is 10.2. The summed E-state index contributed by atoms with van der Waals surface area (Å²) < 4.78 is 2.04. The predicted molar refractivity (Wildman–Crippen MR) is 72.0 cm³/mol. The van der Waals surface area contributed by atoms with Crippen LogP contribution in [-0.2, 0) is 24.3 Å². The summed E-state index contributed by atoms with van der Waals surface area (Å²) in [6, 6.07) is 2.15. The number of carbonyl (C=O) groups excluding carboxylic acids is 1. The zero-order valence-corrected chi connectivity index (χ0v) is 11.4. The summed E-state index contributed by atoms with van der Waals surface area (Å²) in [6.45, 7) is 6.85. The molecule has 0 saturated heterocycles. The third-order valence-corrected chi connectivity index (χ3v) is 2.91. The second-order valence-electron chi connectivity index (χ2n) is 4.40. The summed E-state index contributed by atoms with van der Waals surface area (Å²) in [6.07, 6.45) is 3.28. The Balaban J connectivity index is 2.26. The van der Waals surface area contributed by atoms with Gasteiger partial charge in [0.2, 0.25) is 5.91 Å². The van der Waals surface area contributed by atoms with Gasteiger partial charge in [0.25, 0.3) is 0 Å². The highest BCUT2D eigenvalue weighted by Crippen LogP contribution is 2.05. The van der Waals surface area contributed by atoms with Crippen LogP contribution in [0.2, 0.25) is 0 Å². The number of nitrogens with one attached hydrogen (secondary N) is 1. The fourth-order valence-corrected chi connectivity index (χ4v) is 1.87. The predicted octanol–water partition coefficient (Wildman–Crippen LogP) is 1.21. The number of hydrogen-bond donors (Lipinski definition) is 2. The molecule has 0 aromatic carbocycles. The van der Waals surface area contributed by atoms with Crippen molar-refractivity contribution >= 4 is 5.91 Å². The first-order valence-corrected chi connectivity index (χ1v) is 6.72. The van der Waals surface area contributed by atoms with Gasteiger partial charge >= 0.3 is 0 Å². The number of aromatic nitrogens is 2. The number of hydrogen-bond acceptors (Lipinski definition) is 3. The average molecular weight is 252 g/mol. The highest BCUT2D eigenvalue weighted by Gasteiger charge is 2.04. The van der Waals surface area contributed by atoms with Gasteiger partial charge in [-0.25, -0.2) is 0 Å². The number of carbonyl (C=O) groups is 1. The van der Waals surface area contributed by atoms with E-state index in [1.54, 1.807) is 0 Å². The third kappa shape index (κ3) is 4.87. The van der Waals surface area contributed by atoms with E-state index in [1.165, 1.54) is 5.69 Å². The molecular formula is C13H24N4O. The van der Waals surface area contributed by atoms with Crippen LogP contribution in [-0.4, -0.2) is 22.2 Å². The molecule has 0 fully saturated rings. The summed E-state index contributed by atoms with van der Waals surface area (Å²) in [5, 5.41) is 7.88. The van der Waals surface area contributed by atoms with Crippen molar-refractivity contribution in [2.45, 2.75) is 52.6 Å². The van der Waals surface area contributed by atoms with Crippen molar-refractivity contribution in [3.05, 3.63) is 17.5 Å². The van der Waals surface area contributed by atoms with E-state index >= 15 is 0 Å². The summed E-state index contributed by atoms with van der Waals surface area (Å²) in [5.74, 6) is -0.216. The van der Waals surface area contributed by atoms with Gasteiger partial charge in [0.1, 0.15) is 0 Å². The molecule has 0 spiro atoms. The first-order valence-electron chi connectivity index (χ1n) is 6.72. The Morgan fingerprint density at radius 2 is 2.22 bits per heavy atom. The zero-order valence-electron chi connectivity index (χ0n) is 11.4. The molecule has 5 nitrogen and oxygen atoms in total. The first-order chi connectivity index (χ1) is 8.67. The monoisotopic (exact) mass is 252 g/mol. The SMILES string of the molecule is CCc1cc(CNCCCCC(N)=O)n(CC)n1. The number of nitrogens with two attached hydrogens (primary N) is 1. The maximum atomic E-state index is 10.6. The summed E-state index contributed by atoms with van der Waals surface area (Å²) >= 11 is 0. The van der Waals surface area contributed by atoms with E-state index in [2.05, 4.69) is 30.3 Å². The van der Waals surface area contributed by atoms with Crippen LogP contribution in [0.5, 0.6) is 0 Å². The Bertz CT molecular complexity index is 373. The normalized spacial score (nSPS) is 10.8. The molecule has 3 N–H and O–H groups in total. The van der Waals surface area contributed by atoms with Crippen LogP contribution in [0.25, 0.3) is 0 Å². The van der Waals surface area contributed by atoms with Gasteiger partial charge in [-0.2, -0.15) is 5.10 Å². The second-order valence-corrected chi connectivity index (χ2v) is 4.40. The Labute approximate surface area is 109 Å². The van der Waals surface area contributed by atoms with Gasteiger partial charge in [-0.15, -0.1) is 0 Å². The molecule has 1 amide bonds. The maximum absolute atomic E-state index is 10.6. The molecule has 0 aliphatic heterocycles. The van der Waals surface area contributed by atoms with Crippen LogP contribution < -0.4 is 11.1 Å². The standard InChI is InChI=1S/C13H24N4O/c1-3-11-9-12(17(4-2)16-11)10-15-8-6-5-7-13(14)18/h9,15H,3-8,10H2,1-2H3,(H2,14,18). The Hall–Kier alpha value is -1.36. The molecule has 18 heavy (non-hydrogen) atoms. The largest absolute Gasteiger partial charge is 0.370 e. The minimum absolute atomic E-state index is 0.216. The highest BCUT2D eigenvalue weighted by molar-refractivity contribution is 5.73. The lowest BCUT2D eigenvalue weighted by Gasteiger charge is -2.06. The average Bonchev–Trinajstić information content (AvgIpc) is 2.75. The quantitative estimate of drug-likeness (QED) is 0.649. The van der Waals surface area contributed by atoms with Gasteiger partial charge in [-0.3, -0.25) is 9.48 Å². The lowest BCUT2D eigenvalue weighted by molar-refractivity contribution is -0.118. The van der Waals surface area contributed by atoms with Crippen molar-refractivity contribution in [1.29, 1.82) is 0 Å². The minimum Gasteiger partial charge on any atom is -0.370 e. The Kier molecular flexibility index (Phi) is 6.43. The molecule has 0 unspecified atom stereocenters. The fraction of sp³-hybridized carbons (Fsp3) is 0.692. The third-order valence-electron chi connectivity index (χ3n) is 2.91. The molecule has 102 valence electrons. The van der Waals surface area contributed by atoms with Gasteiger partial charge < -0.3 is 11.1 Å². The molecule has 1 heterocycles. The zero-order chi connectivity index (χ0) is 13.4. The van der Waals surface area contributed by atoms with Gasteiger partial charge in [0.15, 0.2) is 0 Å². The minimum atomic E-state index is -0.216. The van der Waals surface area contributed by atoms with Crippen molar-refractivity contribution in [3.63, 3.8) is 0 Å². The van der Waals surface area contributed by atoms with Gasteiger partial charge in [0, 0.05) is 19.5 Å². The molecule has 0 bridgehead atoms. The second kappa shape index (κ2) is 7.87. The number of unbranched alkanes of at least 4 members (excludes halogenated alkanes) is 1. The van der Waals surface area contributed by atoms with E-state index in [0.29, 0.717) is 6.42 Å². The van der Waals surface area contributed by atoms with Gasteiger partial charge in [-0.1, -0.05) is 6.92 Å². The number of rotatable bonds is 9. The van der Waals surface area contributed by atoms with Crippen molar-refractivity contribution in [2.75, 3.05) is 6.54 Å². The number of aryl methyl sites for hydroxylation is 2. The number of amides is 1. The van der Waals surface area contributed by atoms with E-state index in [0.717, 1.165) is 44.6 Å². The fourth-order valence-electron chi connectivity index (χ4n) is 1.87.